The summed E-state index contributed by atoms with van der Waals surface area (Å²) in [6, 6.07) is 4.58. The van der Waals surface area contributed by atoms with Gasteiger partial charge in [0.15, 0.2) is 0 Å². The van der Waals surface area contributed by atoms with Gasteiger partial charge in [-0.2, -0.15) is 0 Å². The van der Waals surface area contributed by atoms with Gasteiger partial charge in [-0.3, -0.25) is 0 Å². The molecule has 1 rings (SSSR count). The quantitative estimate of drug-likeness (QED) is 0.330. The van der Waals surface area contributed by atoms with E-state index in [9.17, 15) is 5.11 Å². The van der Waals surface area contributed by atoms with Crippen LogP contribution in [-0.2, 0) is 17.0 Å². The Labute approximate surface area is 183 Å². The zero-order valence-corrected chi connectivity index (χ0v) is 22.0. The van der Waals surface area contributed by atoms with Crippen molar-refractivity contribution < 1.29 is 5.11 Å². The van der Waals surface area contributed by atoms with Crippen LogP contribution in [0.5, 0.6) is 5.75 Å². The van der Waals surface area contributed by atoms with Gasteiger partial charge in [-0.25, -0.2) is 0 Å². The van der Waals surface area contributed by atoms with E-state index >= 15 is 0 Å². The van der Waals surface area contributed by atoms with Crippen LogP contribution < -0.4 is 5.11 Å². The molecule has 0 aliphatic heterocycles. The molecule has 1 nitrogen and oxygen atoms in total. The van der Waals surface area contributed by atoms with Gasteiger partial charge in [0.25, 0.3) is 0 Å². The maximum atomic E-state index is 13.3. The van der Waals surface area contributed by atoms with Crippen molar-refractivity contribution in [3.63, 3.8) is 0 Å². The van der Waals surface area contributed by atoms with Crippen molar-refractivity contribution in [3.05, 3.63) is 28.8 Å². The molecule has 1 aromatic carbocycles. The first-order chi connectivity index (χ1) is 13.4. The molecule has 0 atom stereocenters. The maximum absolute atomic E-state index is 13.3. The SMILES string of the molecule is CCCC[P+](CCCC)(CCCC)Cc1cc(C(C)(C)C)c([O-])c(C(C)(C)C)c1. The molecule has 168 valence electrons. The maximum Gasteiger partial charge on any atom is 0.0843 e. The van der Waals surface area contributed by atoms with E-state index in [2.05, 4.69) is 74.4 Å². The summed E-state index contributed by atoms with van der Waals surface area (Å²) in [5, 5.41) is 13.3. The van der Waals surface area contributed by atoms with Crippen molar-refractivity contribution >= 4 is 7.26 Å². The lowest BCUT2D eigenvalue weighted by atomic mass is 9.78. The molecule has 0 aliphatic rings. The first-order valence-corrected chi connectivity index (χ1v) is 14.6. The van der Waals surface area contributed by atoms with Crippen LogP contribution in [0.2, 0.25) is 0 Å². The highest BCUT2D eigenvalue weighted by molar-refractivity contribution is 7.75. The van der Waals surface area contributed by atoms with Crippen LogP contribution in [0.1, 0.15) is 118 Å². The normalized spacial score (nSPS) is 13.1. The van der Waals surface area contributed by atoms with Crippen LogP contribution in [0.15, 0.2) is 12.1 Å². The summed E-state index contributed by atoms with van der Waals surface area (Å²) in [6.45, 7) is 20.1. The van der Waals surface area contributed by atoms with E-state index in [1.165, 1.54) is 68.7 Å². The number of hydrogen-bond donors (Lipinski definition) is 0. The summed E-state index contributed by atoms with van der Waals surface area (Å²) in [5.41, 5.74) is 3.25. The summed E-state index contributed by atoms with van der Waals surface area (Å²) in [4.78, 5) is 0. The Morgan fingerprint density at radius 2 is 1.03 bits per heavy atom. The van der Waals surface area contributed by atoms with Crippen LogP contribution in [-0.4, -0.2) is 18.5 Å². The summed E-state index contributed by atoms with van der Waals surface area (Å²) in [5.74, 6) is 0.272. The first kappa shape index (κ1) is 26.5. The Balaban J connectivity index is 3.48. The van der Waals surface area contributed by atoms with Crippen LogP contribution >= 0.6 is 7.26 Å². The molecule has 0 aliphatic carbocycles. The van der Waals surface area contributed by atoms with Crippen molar-refractivity contribution in [2.45, 2.75) is 118 Å². The second kappa shape index (κ2) is 11.2. The standard InChI is InChI=1S/C27H49OP/c1-10-13-16-29(17-14-11-2,18-15-12-3)21-22-19-23(26(4,5)6)25(28)24(20-22)27(7,8)9/h19-20H,10-18,21H2,1-9H3. The third-order valence-corrected chi connectivity index (χ3v) is 11.1. The van der Waals surface area contributed by atoms with Gasteiger partial charge >= 0.3 is 0 Å². The second-order valence-electron chi connectivity index (χ2n) is 11.3. The largest absolute Gasteiger partial charge is 0.872 e. The molecule has 0 radical (unpaired) electrons. The van der Waals surface area contributed by atoms with Crippen LogP contribution in [0, 0.1) is 0 Å². The van der Waals surface area contributed by atoms with E-state index in [4.69, 9.17) is 0 Å². The van der Waals surface area contributed by atoms with Crippen molar-refractivity contribution in [1.29, 1.82) is 0 Å². The number of rotatable bonds is 11. The zero-order chi connectivity index (χ0) is 22.3. The van der Waals surface area contributed by atoms with Gasteiger partial charge in [-0.05, 0) is 46.8 Å². The molecule has 0 bridgehead atoms. The predicted molar refractivity (Wildman–Crippen MR) is 133 cm³/mol. The molecule has 2 heteroatoms. The molecule has 0 unspecified atom stereocenters. The smallest absolute Gasteiger partial charge is 0.0843 e. The molecule has 0 N–H and O–H groups in total. The molecule has 0 heterocycles. The third kappa shape index (κ3) is 7.90. The highest BCUT2D eigenvalue weighted by Crippen LogP contribution is 2.63. The van der Waals surface area contributed by atoms with Gasteiger partial charge in [0.05, 0.1) is 24.6 Å². The monoisotopic (exact) mass is 420 g/mol. The van der Waals surface area contributed by atoms with E-state index in [1.54, 1.807) is 0 Å². The van der Waals surface area contributed by atoms with E-state index in [1.807, 2.05) is 0 Å². The Kier molecular flexibility index (Phi) is 10.2. The molecule has 0 amide bonds. The molecular formula is C27H49OP. The minimum absolute atomic E-state index is 0.107. The number of benzene rings is 1. The Morgan fingerprint density at radius 1 is 0.690 bits per heavy atom. The van der Waals surface area contributed by atoms with E-state index in [0.717, 1.165) is 11.1 Å². The van der Waals surface area contributed by atoms with Gasteiger partial charge in [-0.15, -0.1) is 5.75 Å². The van der Waals surface area contributed by atoms with Crippen LogP contribution in [0.25, 0.3) is 0 Å². The van der Waals surface area contributed by atoms with Gasteiger partial charge in [0, 0.05) is 7.26 Å². The Hall–Kier alpha value is -0.550. The van der Waals surface area contributed by atoms with Crippen molar-refractivity contribution in [3.8, 4) is 5.75 Å². The molecule has 0 saturated carbocycles. The molecule has 29 heavy (non-hydrogen) atoms. The number of hydrogen-bond acceptors (Lipinski definition) is 1. The van der Waals surface area contributed by atoms with Gasteiger partial charge in [-0.1, -0.05) is 93.7 Å². The average Bonchev–Trinajstić information content (AvgIpc) is 2.62. The molecular weight excluding hydrogens is 371 g/mol. The Bertz CT molecular complexity index is 562. The second-order valence-corrected chi connectivity index (χ2v) is 15.6. The lowest BCUT2D eigenvalue weighted by molar-refractivity contribution is -0.271. The first-order valence-electron chi connectivity index (χ1n) is 12.1. The topological polar surface area (TPSA) is 23.1 Å². The van der Waals surface area contributed by atoms with Gasteiger partial charge < -0.3 is 5.11 Å². The van der Waals surface area contributed by atoms with Crippen LogP contribution in [0.4, 0.5) is 0 Å². The average molecular weight is 421 g/mol. The highest BCUT2D eigenvalue weighted by Gasteiger charge is 2.36. The fourth-order valence-electron chi connectivity index (χ4n) is 4.33. The van der Waals surface area contributed by atoms with Crippen LogP contribution in [0.3, 0.4) is 0 Å². The minimum Gasteiger partial charge on any atom is -0.872 e. The summed E-state index contributed by atoms with van der Waals surface area (Å²) < 4.78 is 0. The van der Waals surface area contributed by atoms with E-state index < -0.39 is 7.26 Å². The fraction of sp³-hybridized carbons (Fsp3) is 0.778. The van der Waals surface area contributed by atoms with Crippen molar-refractivity contribution in [2.24, 2.45) is 0 Å². The summed E-state index contributed by atoms with van der Waals surface area (Å²) >= 11 is 0. The lowest BCUT2D eigenvalue weighted by Gasteiger charge is -2.35. The fourth-order valence-corrected chi connectivity index (χ4v) is 9.40. The molecule has 0 fully saturated rings. The number of unbranched alkanes of at least 4 members (excludes halogenated alkanes) is 3. The third-order valence-electron chi connectivity index (χ3n) is 6.24. The summed E-state index contributed by atoms with van der Waals surface area (Å²) in [6.07, 6.45) is 13.5. The highest BCUT2D eigenvalue weighted by atomic mass is 31.2. The Morgan fingerprint density at radius 3 is 1.31 bits per heavy atom. The van der Waals surface area contributed by atoms with Crippen molar-refractivity contribution in [2.75, 3.05) is 18.5 Å². The molecule has 0 spiro atoms. The van der Waals surface area contributed by atoms with E-state index in [0.29, 0.717) is 0 Å². The molecule has 0 saturated heterocycles. The lowest BCUT2D eigenvalue weighted by Crippen LogP contribution is -2.22. The summed E-state index contributed by atoms with van der Waals surface area (Å²) in [7, 11) is -1.03. The van der Waals surface area contributed by atoms with Crippen molar-refractivity contribution in [1.82, 2.24) is 0 Å². The minimum atomic E-state index is -1.03. The van der Waals surface area contributed by atoms with E-state index in [-0.39, 0.29) is 16.6 Å². The molecule has 1 aromatic rings. The van der Waals surface area contributed by atoms with Gasteiger partial charge in [0.1, 0.15) is 0 Å². The zero-order valence-electron chi connectivity index (χ0n) is 21.1. The van der Waals surface area contributed by atoms with Gasteiger partial charge in [0.2, 0.25) is 0 Å². The predicted octanol–water partition coefficient (Wildman–Crippen LogP) is 8.27. The molecule has 0 aromatic heterocycles.